The van der Waals surface area contributed by atoms with Crippen molar-refractivity contribution in [2.45, 2.75) is 5.92 Å². The number of anilines is 1. The van der Waals surface area contributed by atoms with E-state index >= 15 is 0 Å². The van der Waals surface area contributed by atoms with E-state index in [1.807, 2.05) is 54.6 Å². The molecule has 6 rings (SSSR count). The van der Waals surface area contributed by atoms with Crippen LogP contribution in [0.4, 0.5) is 5.69 Å². The number of hydrogen-bond donors (Lipinski definition) is 4. The quantitative estimate of drug-likeness (QED) is 0.255. The topological polar surface area (TPSA) is 76.5 Å². The molecular formula is C23H15ClN4OS. The number of nitrogens with one attached hydrogen (secondary N) is 4. The molecule has 146 valence electrons. The minimum Gasteiger partial charge on any atom is -0.354 e. The van der Waals surface area contributed by atoms with E-state index < -0.39 is 5.92 Å². The number of rotatable bonds is 2. The number of carbonyl (C=O) groups excluding carboxylic acids is 1. The molecule has 2 aromatic heterocycles. The van der Waals surface area contributed by atoms with Crippen LogP contribution in [0.15, 0.2) is 60.7 Å². The second kappa shape index (κ2) is 6.32. The molecule has 1 atom stereocenters. The number of amides is 1. The van der Waals surface area contributed by atoms with Crippen LogP contribution < -0.4 is 5.32 Å². The Bertz CT molecular complexity index is 1530. The summed E-state index contributed by atoms with van der Waals surface area (Å²) < 4.78 is 0.568. The lowest BCUT2D eigenvalue weighted by atomic mass is 9.88. The van der Waals surface area contributed by atoms with Crippen LogP contribution in [0.2, 0.25) is 5.02 Å². The first-order valence-corrected chi connectivity index (χ1v) is 10.3. The number of benzene rings is 3. The molecule has 5 nitrogen and oxygen atoms in total. The zero-order valence-corrected chi connectivity index (χ0v) is 17.1. The molecule has 0 aliphatic carbocycles. The Balaban J connectivity index is 1.71. The fourth-order valence-corrected chi connectivity index (χ4v) is 4.80. The van der Waals surface area contributed by atoms with Gasteiger partial charge in [0, 0.05) is 27.2 Å². The number of aromatic amines is 3. The van der Waals surface area contributed by atoms with Crippen molar-refractivity contribution in [2.24, 2.45) is 0 Å². The highest BCUT2D eigenvalue weighted by Gasteiger charge is 2.36. The van der Waals surface area contributed by atoms with Crippen molar-refractivity contribution in [1.29, 1.82) is 0 Å². The van der Waals surface area contributed by atoms with Crippen LogP contribution in [0.5, 0.6) is 0 Å². The largest absolute Gasteiger partial charge is 0.354 e. The van der Waals surface area contributed by atoms with Crippen LogP contribution in [0.3, 0.4) is 0 Å². The molecule has 0 spiro atoms. The van der Waals surface area contributed by atoms with E-state index in [2.05, 4.69) is 20.3 Å². The van der Waals surface area contributed by atoms with Gasteiger partial charge in [-0.2, -0.15) is 0 Å². The van der Waals surface area contributed by atoms with Gasteiger partial charge in [0.2, 0.25) is 5.91 Å². The van der Waals surface area contributed by atoms with E-state index in [0.717, 1.165) is 50.0 Å². The minimum absolute atomic E-state index is 0.0625. The van der Waals surface area contributed by atoms with E-state index in [4.69, 9.17) is 23.8 Å². The normalized spacial score (nSPS) is 15.6. The van der Waals surface area contributed by atoms with Crippen molar-refractivity contribution in [3.05, 3.63) is 81.6 Å². The molecule has 3 aromatic carbocycles. The highest BCUT2D eigenvalue weighted by Crippen LogP contribution is 2.45. The minimum atomic E-state index is -0.470. The monoisotopic (exact) mass is 430 g/mol. The van der Waals surface area contributed by atoms with Crippen LogP contribution in [-0.2, 0) is 4.79 Å². The first-order valence-electron chi connectivity index (χ1n) is 9.52. The molecular weight excluding hydrogens is 416 g/mol. The van der Waals surface area contributed by atoms with Crippen molar-refractivity contribution in [1.82, 2.24) is 15.0 Å². The summed E-state index contributed by atoms with van der Waals surface area (Å²) in [7, 11) is 0. The third-order valence-corrected chi connectivity index (χ3v) is 6.11. The molecule has 1 amide bonds. The average Bonchev–Trinajstić information content (AvgIpc) is 3.37. The molecule has 1 aliphatic rings. The molecule has 0 radical (unpaired) electrons. The Morgan fingerprint density at radius 2 is 1.63 bits per heavy atom. The number of imidazole rings is 1. The van der Waals surface area contributed by atoms with Gasteiger partial charge in [0.1, 0.15) is 0 Å². The second-order valence-electron chi connectivity index (χ2n) is 7.46. The lowest BCUT2D eigenvalue weighted by molar-refractivity contribution is -0.116. The van der Waals surface area contributed by atoms with Gasteiger partial charge in [0.25, 0.3) is 0 Å². The summed E-state index contributed by atoms with van der Waals surface area (Å²) in [6.45, 7) is 0. The fraction of sp³-hybridized carbons (Fsp3) is 0.0435. The molecule has 7 heteroatoms. The van der Waals surface area contributed by atoms with Gasteiger partial charge in [-0.3, -0.25) is 4.79 Å². The maximum atomic E-state index is 13.1. The first kappa shape index (κ1) is 17.5. The Hall–Kier alpha value is -3.35. The van der Waals surface area contributed by atoms with Crippen molar-refractivity contribution in [2.75, 3.05) is 5.32 Å². The van der Waals surface area contributed by atoms with E-state index in [0.29, 0.717) is 9.79 Å². The van der Waals surface area contributed by atoms with Crippen molar-refractivity contribution >= 4 is 57.3 Å². The van der Waals surface area contributed by atoms with Crippen molar-refractivity contribution in [3.63, 3.8) is 0 Å². The standard InChI is InChI=1S/C23H15ClN4OS/c24-12-6-7-15-13(8-12)20(22(29)26-15)19-14-9-17-18(28-23(30)27-17)10-16(14)25-21(19)11-4-2-1-3-5-11/h1-10,20,25H,(H,26,29)(H2,27,28,30). The predicted molar refractivity (Wildman–Crippen MR) is 123 cm³/mol. The van der Waals surface area contributed by atoms with Gasteiger partial charge in [0.15, 0.2) is 4.77 Å². The maximum absolute atomic E-state index is 13.1. The number of hydrogen-bond acceptors (Lipinski definition) is 2. The molecule has 3 heterocycles. The smallest absolute Gasteiger partial charge is 0.236 e. The molecule has 0 bridgehead atoms. The van der Waals surface area contributed by atoms with Gasteiger partial charge >= 0.3 is 0 Å². The fourth-order valence-electron chi connectivity index (χ4n) is 4.40. The second-order valence-corrected chi connectivity index (χ2v) is 8.30. The third kappa shape index (κ3) is 2.54. The van der Waals surface area contributed by atoms with E-state index in [9.17, 15) is 4.79 Å². The van der Waals surface area contributed by atoms with Crippen LogP contribution in [0.1, 0.15) is 17.0 Å². The highest BCUT2D eigenvalue weighted by molar-refractivity contribution is 7.71. The van der Waals surface area contributed by atoms with E-state index in [-0.39, 0.29) is 5.91 Å². The molecule has 4 N–H and O–H groups in total. The number of halogens is 1. The summed E-state index contributed by atoms with van der Waals surface area (Å²) in [5, 5.41) is 4.58. The van der Waals surface area contributed by atoms with Gasteiger partial charge in [-0.1, -0.05) is 41.9 Å². The zero-order chi connectivity index (χ0) is 20.4. The zero-order valence-electron chi connectivity index (χ0n) is 15.5. The Morgan fingerprint density at radius 1 is 0.867 bits per heavy atom. The number of aromatic nitrogens is 3. The Morgan fingerprint density at radius 3 is 2.43 bits per heavy atom. The van der Waals surface area contributed by atoms with Crippen LogP contribution >= 0.6 is 23.8 Å². The summed E-state index contributed by atoms with van der Waals surface area (Å²) in [5.41, 5.74) is 7.30. The number of fused-ring (bicyclic) bond motifs is 3. The molecule has 1 aliphatic heterocycles. The Labute approximate surface area is 181 Å². The molecule has 5 aromatic rings. The van der Waals surface area contributed by atoms with E-state index in [1.54, 1.807) is 6.07 Å². The first-order chi connectivity index (χ1) is 14.6. The average molecular weight is 431 g/mol. The number of H-pyrrole nitrogens is 3. The molecule has 0 saturated heterocycles. The maximum Gasteiger partial charge on any atom is 0.236 e. The van der Waals surface area contributed by atoms with Gasteiger partial charge in [-0.15, -0.1) is 0 Å². The molecule has 1 unspecified atom stereocenters. The van der Waals surface area contributed by atoms with Gasteiger partial charge in [0.05, 0.1) is 22.6 Å². The highest BCUT2D eigenvalue weighted by atomic mass is 35.5. The van der Waals surface area contributed by atoms with Gasteiger partial charge in [-0.25, -0.2) is 0 Å². The van der Waals surface area contributed by atoms with Crippen molar-refractivity contribution < 1.29 is 4.79 Å². The summed E-state index contributed by atoms with van der Waals surface area (Å²) in [5.74, 6) is -0.533. The lowest BCUT2D eigenvalue weighted by Gasteiger charge is -2.12. The summed E-state index contributed by atoms with van der Waals surface area (Å²) >= 11 is 11.5. The van der Waals surface area contributed by atoms with Gasteiger partial charge in [-0.05, 0) is 53.7 Å². The van der Waals surface area contributed by atoms with Crippen molar-refractivity contribution in [3.8, 4) is 11.3 Å². The van der Waals surface area contributed by atoms with E-state index in [1.165, 1.54) is 0 Å². The molecule has 0 saturated carbocycles. The molecule has 0 fully saturated rings. The summed E-state index contributed by atoms with van der Waals surface area (Å²) in [6.07, 6.45) is 0. The van der Waals surface area contributed by atoms with Crippen LogP contribution in [0.25, 0.3) is 33.2 Å². The summed E-state index contributed by atoms with van der Waals surface area (Å²) in [6, 6.07) is 19.6. The van der Waals surface area contributed by atoms with Gasteiger partial charge < -0.3 is 20.3 Å². The molecule has 30 heavy (non-hydrogen) atoms. The Kier molecular flexibility index (Phi) is 3.69. The third-order valence-electron chi connectivity index (χ3n) is 5.67. The van der Waals surface area contributed by atoms with Crippen LogP contribution in [-0.4, -0.2) is 20.9 Å². The van der Waals surface area contributed by atoms with Crippen LogP contribution in [0, 0.1) is 4.77 Å². The number of carbonyl (C=O) groups is 1. The summed E-state index contributed by atoms with van der Waals surface area (Å²) in [4.78, 5) is 23.0. The predicted octanol–water partition coefficient (Wildman–Crippen LogP) is 6.11. The SMILES string of the molecule is O=C1Nc2ccc(Cl)cc2C1c1c(-c2ccccc2)[nH]c2cc3[nH]c(=S)[nH]c3cc12. The lowest BCUT2D eigenvalue weighted by Crippen LogP contribution is -2.13.